The van der Waals surface area contributed by atoms with Gasteiger partial charge in [0.05, 0.1) is 17.8 Å². The van der Waals surface area contributed by atoms with Crippen LogP contribution in [0.1, 0.15) is 21.7 Å². The molecule has 1 aliphatic rings. The number of rotatable bonds is 6. The number of sulfone groups is 1. The molecule has 1 saturated heterocycles. The molecule has 3 heterocycles. The van der Waals surface area contributed by atoms with E-state index in [0.29, 0.717) is 17.9 Å². The zero-order valence-corrected chi connectivity index (χ0v) is 15.4. The number of amides is 1. The van der Waals surface area contributed by atoms with Crippen molar-refractivity contribution < 1.29 is 17.6 Å². The molecule has 8 heteroatoms. The summed E-state index contributed by atoms with van der Waals surface area (Å²) in [6, 6.07) is 10.7. The Labute approximate surface area is 157 Å². The summed E-state index contributed by atoms with van der Waals surface area (Å²) in [6.07, 6.45) is 6.79. The van der Waals surface area contributed by atoms with Crippen molar-refractivity contribution in [3.8, 4) is 0 Å². The van der Waals surface area contributed by atoms with Gasteiger partial charge in [-0.15, -0.1) is 0 Å². The van der Waals surface area contributed by atoms with Crippen LogP contribution in [0.5, 0.6) is 0 Å². The van der Waals surface area contributed by atoms with E-state index in [4.69, 9.17) is 4.42 Å². The second-order valence-corrected chi connectivity index (χ2v) is 8.93. The van der Waals surface area contributed by atoms with Gasteiger partial charge in [0.15, 0.2) is 9.84 Å². The summed E-state index contributed by atoms with van der Waals surface area (Å²) >= 11 is 0. The maximum atomic E-state index is 12.5. The molecule has 0 aliphatic carbocycles. The van der Waals surface area contributed by atoms with Crippen molar-refractivity contribution in [2.45, 2.75) is 17.5 Å². The van der Waals surface area contributed by atoms with Gasteiger partial charge in [0.1, 0.15) is 11.5 Å². The Hall–Kier alpha value is -2.87. The molecule has 27 heavy (non-hydrogen) atoms. The first-order valence-corrected chi connectivity index (χ1v) is 10.3. The SMILES string of the molecule is O=C(c1ccc(Cn2ccnc2)cc1)N1CC(S(=O)(=O)Cc2ccco2)C1. The molecular formula is C19H19N3O4S. The van der Waals surface area contributed by atoms with Gasteiger partial charge in [0.25, 0.3) is 5.91 Å². The van der Waals surface area contributed by atoms with Gasteiger partial charge >= 0.3 is 0 Å². The van der Waals surface area contributed by atoms with Crippen molar-refractivity contribution >= 4 is 15.7 Å². The minimum absolute atomic E-state index is 0.129. The van der Waals surface area contributed by atoms with Gasteiger partial charge in [-0.3, -0.25) is 4.79 Å². The normalized spacial score (nSPS) is 14.9. The second-order valence-electron chi connectivity index (χ2n) is 6.65. The molecule has 140 valence electrons. The third-order valence-electron chi connectivity index (χ3n) is 4.69. The lowest BCUT2D eigenvalue weighted by Crippen LogP contribution is -2.57. The number of nitrogens with zero attached hydrogens (tertiary/aromatic N) is 3. The van der Waals surface area contributed by atoms with Crippen LogP contribution in [0.3, 0.4) is 0 Å². The molecule has 0 N–H and O–H groups in total. The van der Waals surface area contributed by atoms with Gasteiger partial charge in [-0.1, -0.05) is 12.1 Å². The van der Waals surface area contributed by atoms with Gasteiger partial charge < -0.3 is 13.9 Å². The van der Waals surface area contributed by atoms with Crippen LogP contribution in [0, 0.1) is 0 Å². The predicted molar refractivity (Wildman–Crippen MR) is 98.8 cm³/mol. The zero-order chi connectivity index (χ0) is 18.9. The molecule has 0 radical (unpaired) electrons. The maximum absolute atomic E-state index is 12.5. The molecule has 0 saturated carbocycles. The highest BCUT2D eigenvalue weighted by molar-refractivity contribution is 7.91. The molecule has 1 aromatic carbocycles. The van der Waals surface area contributed by atoms with Crippen LogP contribution in [0.15, 0.2) is 65.8 Å². The van der Waals surface area contributed by atoms with Crippen LogP contribution in [-0.4, -0.2) is 47.1 Å². The van der Waals surface area contributed by atoms with E-state index < -0.39 is 15.1 Å². The fourth-order valence-electron chi connectivity index (χ4n) is 3.07. The molecule has 1 fully saturated rings. The summed E-state index contributed by atoms with van der Waals surface area (Å²) in [5.74, 6) is 0.150. The molecule has 0 bridgehead atoms. The van der Waals surface area contributed by atoms with Crippen LogP contribution in [-0.2, 0) is 22.1 Å². The number of carbonyl (C=O) groups excluding carboxylic acids is 1. The van der Waals surface area contributed by atoms with E-state index >= 15 is 0 Å². The lowest BCUT2D eigenvalue weighted by atomic mass is 10.1. The fourth-order valence-corrected chi connectivity index (χ4v) is 4.68. The van der Waals surface area contributed by atoms with E-state index in [9.17, 15) is 13.2 Å². The third kappa shape index (κ3) is 3.80. The first-order valence-electron chi connectivity index (χ1n) is 8.59. The van der Waals surface area contributed by atoms with Crippen LogP contribution < -0.4 is 0 Å². The van der Waals surface area contributed by atoms with E-state index in [1.807, 2.05) is 22.9 Å². The van der Waals surface area contributed by atoms with Crippen molar-refractivity contribution in [2.24, 2.45) is 0 Å². The average molecular weight is 385 g/mol. The van der Waals surface area contributed by atoms with Crippen LogP contribution in [0.2, 0.25) is 0 Å². The minimum Gasteiger partial charge on any atom is -0.468 e. The Morgan fingerprint density at radius 1 is 1.19 bits per heavy atom. The molecule has 7 nitrogen and oxygen atoms in total. The molecule has 1 aliphatic heterocycles. The average Bonchev–Trinajstić information content (AvgIpc) is 3.27. The monoisotopic (exact) mass is 385 g/mol. The fraction of sp³-hybridized carbons (Fsp3) is 0.263. The van der Waals surface area contributed by atoms with Crippen molar-refractivity contribution in [3.63, 3.8) is 0 Å². The molecule has 3 aromatic rings. The first kappa shape index (κ1) is 17.5. The third-order valence-corrected chi connectivity index (χ3v) is 6.69. The molecule has 4 rings (SSSR count). The van der Waals surface area contributed by atoms with E-state index in [0.717, 1.165) is 5.56 Å². The molecule has 0 atom stereocenters. The first-order chi connectivity index (χ1) is 13.0. The van der Waals surface area contributed by atoms with E-state index in [2.05, 4.69) is 4.98 Å². The van der Waals surface area contributed by atoms with Gasteiger partial charge in [-0.05, 0) is 29.8 Å². The van der Waals surface area contributed by atoms with Crippen molar-refractivity contribution in [1.29, 1.82) is 0 Å². The largest absolute Gasteiger partial charge is 0.468 e. The summed E-state index contributed by atoms with van der Waals surface area (Å²) in [4.78, 5) is 18.1. The van der Waals surface area contributed by atoms with Crippen LogP contribution in [0.25, 0.3) is 0 Å². The highest BCUT2D eigenvalue weighted by Gasteiger charge is 2.40. The highest BCUT2D eigenvalue weighted by atomic mass is 32.2. The lowest BCUT2D eigenvalue weighted by Gasteiger charge is -2.38. The summed E-state index contributed by atoms with van der Waals surface area (Å²) in [6.45, 7) is 1.13. The van der Waals surface area contributed by atoms with Crippen LogP contribution >= 0.6 is 0 Å². The maximum Gasteiger partial charge on any atom is 0.253 e. The Kier molecular flexibility index (Phi) is 4.57. The summed E-state index contributed by atoms with van der Waals surface area (Å²) in [5, 5.41) is -0.535. The topological polar surface area (TPSA) is 85.4 Å². The number of imidazole rings is 1. The van der Waals surface area contributed by atoms with Crippen molar-refractivity contribution in [3.05, 3.63) is 78.3 Å². The van der Waals surface area contributed by atoms with Gasteiger partial charge in [0, 0.05) is 37.6 Å². The summed E-state index contributed by atoms with van der Waals surface area (Å²) < 4.78 is 31.8. The predicted octanol–water partition coefficient (Wildman–Crippen LogP) is 1.96. The molecule has 0 spiro atoms. The van der Waals surface area contributed by atoms with E-state index in [1.165, 1.54) is 6.26 Å². The van der Waals surface area contributed by atoms with E-state index in [-0.39, 0.29) is 24.7 Å². The summed E-state index contributed by atoms with van der Waals surface area (Å²) in [5.41, 5.74) is 1.62. The number of benzene rings is 1. The van der Waals surface area contributed by atoms with Gasteiger partial charge in [-0.25, -0.2) is 13.4 Å². The van der Waals surface area contributed by atoms with E-state index in [1.54, 1.807) is 41.7 Å². The molecular weight excluding hydrogens is 366 g/mol. The molecule has 0 unspecified atom stereocenters. The molecule has 1 amide bonds. The smallest absolute Gasteiger partial charge is 0.253 e. The molecule has 2 aromatic heterocycles. The Bertz CT molecular complexity index is 1000. The standard InChI is InChI=1S/C19H19N3O4S/c23-19(16-5-3-15(4-6-16)10-21-8-7-20-14-21)22-11-18(12-22)27(24,25)13-17-2-1-9-26-17/h1-9,14,18H,10-13H2. The van der Waals surface area contributed by atoms with Crippen LogP contribution in [0.4, 0.5) is 0 Å². The number of carbonyl (C=O) groups is 1. The minimum atomic E-state index is -3.33. The quantitative estimate of drug-likeness (QED) is 0.648. The Balaban J connectivity index is 1.34. The number of likely N-dealkylation sites (tertiary alicyclic amines) is 1. The van der Waals surface area contributed by atoms with Gasteiger partial charge in [-0.2, -0.15) is 0 Å². The Morgan fingerprint density at radius 2 is 1.96 bits per heavy atom. The highest BCUT2D eigenvalue weighted by Crippen LogP contribution is 2.23. The number of hydrogen-bond acceptors (Lipinski definition) is 5. The number of aromatic nitrogens is 2. The second kappa shape index (κ2) is 7.03. The van der Waals surface area contributed by atoms with Crippen molar-refractivity contribution in [1.82, 2.24) is 14.5 Å². The number of furan rings is 1. The van der Waals surface area contributed by atoms with Crippen molar-refractivity contribution in [2.75, 3.05) is 13.1 Å². The Morgan fingerprint density at radius 3 is 2.59 bits per heavy atom. The summed E-state index contributed by atoms with van der Waals surface area (Å²) in [7, 11) is -3.33. The zero-order valence-electron chi connectivity index (χ0n) is 14.6. The lowest BCUT2D eigenvalue weighted by molar-refractivity contribution is 0.0659. The number of hydrogen-bond donors (Lipinski definition) is 0. The van der Waals surface area contributed by atoms with Gasteiger partial charge in [0.2, 0.25) is 0 Å².